The molecule has 1 heterocycles. The highest BCUT2D eigenvalue weighted by atomic mass is 19.5. The van der Waals surface area contributed by atoms with E-state index in [-0.39, 0.29) is 0 Å². The zero-order chi connectivity index (χ0) is 12.2. The zero-order valence-electron chi connectivity index (χ0n) is 8.81. The molecule has 0 atom stereocenters. The zero-order valence-corrected chi connectivity index (χ0v) is 8.81. The van der Waals surface area contributed by atoms with E-state index in [4.69, 9.17) is 0 Å². The standard InChI is InChI=1S/C10H11N.BF4/c1-8-10-5-3-2-4-9(10)6-7-11-8;2-1(3,4)5/h2-5H,6-7H2,1H3;/q;-1/p+1. The summed E-state index contributed by atoms with van der Waals surface area (Å²) in [6, 6.07) is 8.59. The third kappa shape index (κ3) is 4.46. The average Bonchev–Trinajstić information content (AvgIpc) is 2.16. The second-order valence-electron chi connectivity index (χ2n) is 3.45. The molecule has 1 aliphatic heterocycles. The lowest BCUT2D eigenvalue weighted by Crippen LogP contribution is -2.74. The van der Waals surface area contributed by atoms with Gasteiger partial charge in [-0.1, -0.05) is 18.2 Å². The molecule has 0 aliphatic carbocycles. The van der Waals surface area contributed by atoms with E-state index in [9.17, 15) is 17.3 Å². The second kappa shape index (κ2) is 5.14. The van der Waals surface area contributed by atoms with Crippen molar-refractivity contribution in [1.29, 1.82) is 0 Å². The minimum atomic E-state index is -6.00. The monoisotopic (exact) mass is 233 g/mol. The van der Waals surface area contributed by atoms with Crippen LogP contribution in [0.1, 0.15) is 18.1 Å². The van der Waals surface area contributed by atoms with E-state index in [1.807, 2.05) is 0 Å². The van der Waals surface area contributed by atoms with E-state index in [1.165, 1.54) is 16.8 Å². The van der Waals surface area contributed by atoms with Crippen molar-refractivity contribution in [2.75, 3.05) is 6.54 Å². The van der Waals surface area contributed by atoms with Crippen LogP contribution in [0, 0.1) is 0 Å². The molecule has 0 saturated carbocycles. The molecule has 0 unspecified atom stereocenters. The van der Waals surface area contributed by atoms with Gasteiger partial charge in [0.25, 0.3) is 0 Å². The van der Waals surface area contributed by atoms with Gasteiger partial charge in [0.15, 0.2) is 5.71 Å². The summed E-state index contributed by atoms with van der Waals surface area (Å²) in [6.45, 7) is 3.22. The fourth-order valence-corrected chi connectivity index (χ4v) is 1.58. The van der Waals surface area contributed by atoms with Gasteiger partial charge in [0.05, 0.1) is 0 Å². The summed E-state index contributed by atoms with van der Waals surface area (Å²) in [5.41, 5.74) is 4.18. The normalized spacial score (nSPS) is 14.4. The minimum Gasteiger partial charge on any atom is -0.418 e. The summed E-state index contributed by atoms with van der Waals surface area (Å²) in [5, 5.41) is 0. The van der Waals surface area contributed by atoms with Gasteiger partial charge >= 0.3 is 7.25 Å². The average molecular weight is 233 g/mol. The molecule has 1 nitrogen and oxygen atoms in total. The van der Waals surface area contributed by atoms with Crippen molar-refractivity contribution in [1.82, 2.24) is 0 Å². The molecular formula is C10H12BF4N. The van der Waals surface area contributed by atoms with Gasteiger partial charge in [-0.05, 0) is 11.6 Å². The highest BCUT2D eigenvalue weighted by Gasteiger charge is 2.20. The van der Waals surface area contributed by atoms with Crippen LogP contribution in [0.4, 0.5) is 17.3 Å². The third-order valence-corrected chi connectivity index (χ3v) is 2.21. The van der Waals surface area contributed by atoms with E-state index in [2.05, 4.69) is 36.2 Å². The van der Waals surface area contributed by atoms with Crippen molar-refractivity contribution >= 4 is 13.0 Å². The Morgan fingerprint density at radius 1 is 1.12 bits per heavy atom. The Morgan fingerprint density at radius 3 is 2.25 bits per heavy atom. The van der Waals surface area contributed by atoms with Gasteiger partial charge in [-0.2, -0.15) is 0 Å². The highest BCUT2D eigenvalue weighted by molar-refractivity contribution is 6.50. The van der Waals surface area contributed by atoms with Gasteiger partial charge in [0.2, 0.25) is 0 Å². The second-order valence-corrected chi connectivity index (χ2v) is 3.45. The van der Waals surface area contributed by atoms with Crippen LogP contribution in [0.3, 0.4) is 0 Å². The van der Waals surface area contributed by atoms with Crippen molar-refractivity contribution in [3.63, 3.8) is 0 Å². The maximum absolute atomic E-state index is 9.75. The third-order valence-electron chi connectivity index (χ3n) is 2.21. The van der Waals surface area contributed by atoms with Gasteiger partial charge in [-0.25, -0.2) is 4.99 Å². The minimum absolute atomic E-state index is 1.09. The Hall–Kier alpha value is -1.33. The molecule has 0 aromatic heterocycles. The molecule has 0 spiro atoms. The number of hydrogen-bond donors (Lipinski definition) is 1. The Bertz CT molecular complexity index is 381. The summed E-state index contributed by atoms with van der Waals surface area (Å²) in [7, 11) is -6.00. The van der Waals surface area contributed by atoms with Crippen LogP contribution in [0.2, 0.25) is 0 Å². The van der Waals surface area contributed by atoms with Crippen LogP contribution < -0.4 is 4.99 Å². The maximum atomic E-state index is 9.75. The Kier molecular flexibility index (Phi) is 4.09. The van der Waals surface area contributed by atoms with E-state index in [0.29, 0.717) is 0 Å². The topological polar surface area (TPSA) is 14.0 Å². The van der Waals surface area contributed by atoms with Crippen LogP contribution in [0.5, 0.6) is 0 Å². The van der Waals surface area contributed by atoms with Crippen molar-refractivity contribution in [3.8, 4) is 0 Å². The van der Waals surface area contributed by atoms with E-state index < -0.39 is 7.25 Å². The van der Waals surface area contributed by atoms with E-state index in [1.54, 1.807) is 0 Å². The van der Waals surface area contributed by atoms with Gasteiger partial charge < -0.3 is 17.3 Å². The number of benzene rings is 1. The summed E-state index contributed by atoms with van der Waals surface area (Å²) in [5.74, 6) is 0. The molecule has 16 heavy (non-hydrogen) atoms. The van der Waals surface area contributed by atoms with Crippen LogP contribution >= 0.6 is 0 Å². The molecule has 1 aliphatic rings. The first-order valence-electron chi connectivity index (χ1n) is 4.91. The number of nitrogens with one attached hydrogen (secondary N) is 1. The molecule has 2 rings (SSSR count). The molecule has 1 aromatic rings. The van der Waals surface area contributed by atoms with Crippen molar-refractivity contribution in [3.05, 3.63) is 35.4 Å². The molecular weight excluding hydrogens is 221 g/mol. The summed E-state index contributed by atoms with van der Waals surface area (Å²) in [6.07, 6.45) is 1.16. The van der Waals surface area contributed by atoms with Gasteiger partial charge in [0.1, 0.15) is 6.54 Å². The van der Waals surface area contributed by atoms with Crippen LogP contribution in [0.25, 0.3) is 0 Å². The largest absolute Gasteiger partial charge is 0.673 e. The number of hydrogen-bond acceptors (Lipinski definition) is 0. The highest BCUT2D eigenvalue weighted by Crippen LogP contribution is 2.09. The molecule has 1 N–H and O–H groups in total. The van der Waals surface area contributed by atoms with Crippen molar-refractivity contribution in [2.45, 2.75) is 13.3 Å². The molecule has 6 heteroatoms. The van der Waals surface area contributed by atoms with Crippen molar-refractivity contribution in [2.24, 2.45) is 0 Å². The lowest BCUT2D eigenvalue weighted by molar-refractivity contribution is -0.458. The van der Waals surface area contributed by atoms with E-state index >= 15 is 0 Å². The number of fused-ring (bicyclic) bond motifs is 1. The predicted octanol–water partition coefficient (Wildman–Crippen LogP) is 1.43. The van der Waals surface area contributed by atoms with Crippen LogP contribution in [-0.2, 0) is 6.42 Å². The molecule has 0 saturated heterocycles. The fourth-order valence-electron chi connectivity index (χ4n) is 1.58. The predicted molar refractivity (Wildman–Crippen MR) is 55.9 cm³/mol. The fraction of sp³-hybridized carbons (Fsp3) is 0.300. The van der Waals surface area contributed by atoms with Gasteiger partial charge in [-0.15, -0.1) is 0 Å². The summed E-state index contributed by atoms with van der Waals surface area (Å²) < 4.78 is 39.0. The van der Waals surface area contributed by atoms with Crippen LogP contribution in [-0.4, -0.2) is 19.5 Å². The lowest BCUT2D eigenvalue weighted by Gasteiger charge is -2.07. The SMILES string of the molecule is CC1=[NH+]CCc2ccccc21.F[B-](F)(F)F. The smallest absolute Gasteiger partial charge is 0.418 e. The molecule has 0 fully saturated rings. The van der Waals surface area contributed by atoms with Crippen molar-refractivity contribution < 1.29 is 22.3 Å². The molecule has 0 bridgehead atoms. The first-order valence-corrected chi connectivity index (χ1v) is 4.91. The maximum Gasteiger partial charge on any atom is 0.673 e. The van der Waals surface area contributed by atoms with E-state index in [0.717, 1.165) is 13.0 Å². The Balaban J connectivity index is 0.000000221. The molecule has 88 valence electrons. The van der Waals surface area contributed by atoms with Gasteiger partial charge in [0, 0.05) is 18.9 Å². The van der Waals surface area contributed by atoms with Crippen LogP contribution in [0.15, 0.2) is 24.3 Å². The summed E-state index contributed by atoms with van der Waals surface area (Å²) >= 11 is 0. The quantitative estimate of drug-likeness (QED) is 0.514. The first kappa shape index (κ1) is 12.7. The molecule has 1 aromatic carbocycles. The lowest BCUT2D eigenvalue weighted by atomic mass is 9.99. The molecule has 0 radical (unpaired) electrons. The molecule has 0 amide bonds. The number of rotatable bonds is 0. The number of halogens is 4. The Morgan fingerprint density at radius 2 is 1.69 bits per heavy atom. The summed E-state index contributed by atoms with van der Waals surface area (Å²) in [4.78, 5) is 3.35. The van der Waals surface area contributed by atoms with Gasteiger partial charge in [-0.3, -0.25) is 0 Å². The Labute approximate surface area is 91.3 Å². The first-order chi connectivity index (χ1) is 7.38.